The molecule has 3 atom stereocenters. The number of rotatable bonds is 5. The minimum atomic E-state index is -0.0877. The highest BCUT2D eigenvalue weighted by Crippen LogP contribution is 2.15. The van der Waals surface area contributed by atoms with Gasteiger partial charge in [0.15, 0.2) is 0 Å². The number of likely N-dealkylation sites (N-methyl/N-ethyl adjacent to an activating group) is 1. The first kappa shape index (κ1) is 13.5. The molecule has 0 saturated carbocycles. The third kappa shape index (κ3) is 3.76. The van der Waals surface area contributed by atoms with Gasteiger partial charge in [0, 0.05) is 25.2 Å². The van der Waals surface area contributed by atoms with Crippen LogP contribution >= 0.6 is 0 Å². The molecular formula is C12H25N3O. The smallest absolute Gasteiger partial charge is 0.236 e. The zero-order valence-corrected chi connectivity index (χ0v) is 10.9. The first-order chi connectivity index (χ1) is 7.54. The molecular weight excluding hydrogens is 202 g/mol. The van der Waals surface area contributed by atoms with Crippen LogP contribution in [-0.2, 0) is 4.79 Å². The minimum Gasteiger partial charge on any atom is -0.355 e. The summed E-state index contributed by atoms with van der Waals surface area (Å²) in [5.41, 5.74) is 0. The van der Waals surface area contributed by atoms with Gasteiger partial charge in [-0.25, -0.2) is 0 Å². The van der Waals surface area contributed by atoms with Crippen LogP contribution in [0, 0.1) is 0 Å². The lowest BCUT2D eigenvalue weighted by Crippen LogP contribution is -2.47. The van der Waals surface area contributed by atoms with Crippen molar-refractivity contribution < 1.29 is 4.79 Å². The molecule has 1 saturated heterocycles. The maximum Gasteiger partial charge on any atom is 0.236 e. The van der Waals surface area contributed by atoms with Gasteiger partial charge in [-0.2, -0.15) is 0 Å². The van der Waals surface area contributed by atoms with E-state index < -0.39 is 0 Å². The van der Waals surface area contributed by atoms with Gasteiger partial charge in [-0.05, 0) is 33.7 Å². The SMILES string of the molecule is CCCNC(=O)C(C)NC1CC(C)N(C)C1. The van der Waals surface area contributed by atoms with Gasteiger partial charge in [0.2, 0.25) is 5.91 Å². The number of likely N-dealkylation sites (tertiary alicyclic amines) is 1. The molecule has 2 N–H and O–H groups in total. The lowest BCUT2D eigenvalue weighted by molar-refractivity contribution is -0.122. The zero-order valence-electron chi connectivity index (χ0n) is 10.9. The lowest BCUT2D eigenvalue weighted by atomic mass is 10.1. The molecule has 1 heterocycles. The van der Waals surface area contributed by atoms with E-state index >= 15 is 0 Å². The molecule has 1 rings (SSSR count). The van der Waals surface area contributed by atoms with Crippen LogP contribution in [-0.4, -0.2) is 49.1 Å². The largest absolute Gasteiger partial charge is 0.355 e. The average molecular weight is 227 g/mol. The number of carbonyl (C=O) groups excluding carboxylic acids is 1. The fourth-order valence-electron chi connectivity index (χ4n) is 2.15. The quantitative estimate of drug-likeness (QED) is 0.722. The standard InChI is InChI=1S/C12H25N3O/c1-5-6-13-12(16)10(3)14-11-7-9(2)15(4)8-11/h9-11,14H,5-8H2,1-4H3,(H,13,16). The molecule has 16 heavy (non-hydrogen) atoms. The molecule has 0 aliphatic carbocycles. The molecule has 1 aliphatic heterocycles. The molecule has 94 valence electrons. The molecule has 0 bridgehead atoms. The van der Waals surface area contributed by atoms with Crippen molar-refractivity contribution in [3.05, 3.63) is 0 Å². The molecule has 0 aromatic rings. The summed E-state index contributed by atoms with van der Waals surface area (Å²) < 4.78 is 0. The van der Waals surface area contributed by atoms with Gasteiger partial charge >= 0.3 is 0 Å². The molecule has 4 heteroatoms. The monoisotopic (exact) mass is 227 g/mol. The molecule has 4 nitrogen and oxygen atoms in total. The van der Waals surface area contributed by atoms with Crippen molar-refractivity contribution in [1.82, 2.24) is 15.5 Å². The van der Waals surface area contributed by atoms with Gasteiger partial charge in [0.05, 0.1) is 6.04 Å². The van der Waals surface area contributed by atoms with Gasteiger partial charge in [-0.15, -0.1) is 0 Å². The Balaban J connectivity index is 2.29. The molecule has 1 aliphatic rings. The molecule has 1 fully saturated rings. The lowest BCUT2D eigenvalue weighted by Gasteiger charge is -2.18. The summed E-state index contributed by atoms with van der Waals surface area (Å²) >= 11 is 0. The van der Waals surface area contributed by atoms with Crippen LogP contribution in [0.1, 0.15) is 33.6 Å². The summed E-state index contributed by atoms with van der Waals surface area (Å²) in [5, 5.41) is 6.31. The topological polar surface area (TPSA) is 44.4 Å². The highest BCUT2D eigenvalue weighted by atomic mass is 16.2. The summed E-state index contributed by atoms with van der Waals surface area (Å²) in [6.45, 7) is 8.03. The van der Waals surface area contributed by atoms with E-state index in [1.165, 1.54) is 0 Å². The van der Waals surface area contributed by atoms with Crippen LogP contribution < -0.4 is 10.6 Å². The fraction of sp³-hybridized carbons (Fsp3) is 0.917. The van der Waals surface area contributed by atoms with Crippen LogP contribution in [0.5, 0.6) is 0 Å². The van der Waals surface area contributed by atoms with E-state index in [4.69, 9.17) is 0 Å². The van der Waals surface area contributed by atoms with Crippen molar-refractivity contribution in [3.63, 3.8) is 0 Å². The Bertz CT molecular complexity index is 222. The zero-order chi connectivity index (χ0) is 12.1. The first-order valence-corrected chi connectivity index (χ1v) is 6.28. The number of nitrogens with zero attached hydrogens (tertiary/aromatic N) is 1. The summed E-state index contributed by atoms with van der Waals surface area (Å²) in [4.78, 5) is 14.0. The highest BCUT2D eigenvalue weighted by molar-refractivity contribution is 5.81. The Hall–Kier alpha value is -0.610. The predicted molar refractivity (Wildman–Crippen MR) is 66.4 cm³/mol. The summed E-state index contributed by atoms with van der Waals surface area (Å²) in [5.74, 6) is 0.115. The maximum absolute atomic E-state index is 11.7. The first-order valence-electron chi connectivity index (χ1n) is 6.28. The second-order valence-corrected chi connectivity index (χ2v) is 4.90. The number of carbonyl (C=O) groups is 1. The molecule has 1 amide bonds. The Morgan fingerprint density at radius 3 is 2.75 bits per heavy atom. The number of nitrogens with one attached hydrogen (secondary N) is 2. The second kappa shape index (κ2) is 6.21. The maximum atomic E-state index is 11.7. The van der Waals surface area contributed by atoms with Gasteiger partial charge in [-0.1, -0.05) is 6.92 Å². The summed E-state index contributed by atoms with van der Waals surface area (Å²) in [7, 11) is 2.13. The van der Waals surface area contributed by atoms with E-state index in [-0.39, 0.29) is 11.9 Å². The van der Waals surface area contributed by atoms with Crippen LogP contribution in [0.15, 0.2) is 0 Å². The van der Waals surface area contributed by atoms with E-state index in [0.717, 1.165) is 25.9 Å². The van der Waals surface area contributed by atoms with Gasteiger partial charge in [-0.3, -0.25) is 4.79 Å². The predicted octanol–water partition coefficient (Wildman–Crippen LogP) is 0.583. The Morgan fingerprint density at radius 2 is 2.25 bits per heavy atom. The van der Waals surface area contributed by atoms with Crippen molar-refractivity contribution in [2.75, 3.05) is 20.1 Å². The van der Waals surface area contributed by atoms with E-state index in [0.29, 0.717) is 12.1 Å². The van der Waals surface area contributed by atoms with Crippen LogP contribution in [0.2, 0.25) is 0 Å². The summed E-state index contributed by atoms with van der Waals surface area (Å²) in [6.07, 6.45) is 2.11. The normalized spacial score (nSPS) is 28.0. The number of hydrogen-bond donors (Lipinski definition) is 2. The van der Waals surface area contributed by atoms with Crippen molar-refractivity contribution in [1.29, 1.82) is 0 Å². The molecule has 0 spiro atoms. The number of hydrogen-bond acceptors (Lipinski definition) is 3. The van der Waals surface area contributed by atoms with E-state index in [1.54, 1.807) is 0 Å². The van der Waals surface area contributed by atoms with Gasteiger partial charge in [0.25, 0.3) is 0 Å². The summed E-state index contributed by atoms with van der Waals surface area (Å²) in [6, 6.07) is 0.973. The molecule has 0 aromatic carbocycles. The molecule has 3 unspecified atom stereocenters. The van der Waals surface area contributed by atoms with E-state index in [9.17, 15) is 4.79 Å². The van der Waals surface area contributed by atoms with Crippen LogP contribution in [0.25, 0.3) is 0 Å². The van der Waals surface area contributed by atoms with Crippen LogP contribution in [0.4, 0.5) is 0 Å². The Labute approximate surface area is 98.8 Å². The Kier molecular flexibility index (Phi) is 5.22. The van der Waals surface area contributed by atoms with Gasteiger partial charge in [0.1, 0.15) is 0 Å². The third-order valence-electron chi connectivity index (χ3n) is 3.31. The van der Waals surface area contributed by atoms with E-state index in [2.05, 4.69) is 36.4 Å². The average Bonchev–Trinajstić information content (AvgIpc) is 2.54. The van der Waals surface area contributed by atoms with Crippen molar-refractivity contribution in [3.8, 4) is 0 Å². The molecule has 0 aromatic heterocycles. The second-order valence-electron chi connectivity index (χ2n) is 4.90. The van der Waals surface area contributed by atoms with Crippen LogP contribution in [0.3, 0.4) is 0 Å². The van der Waals surface area contributed by atoms with Crippen molar-refractivity contribution >= 4 is 5.91 Å². The van der Waals surface area contributed by atoms with E-state index in [1.807, 2.05) is 6.92 Å². The van der Waals surface area contributed by atoms with Crippen molar-refractivity contribution in [2.45, 2.75) is 51.7 Å². The molecule has 0 radical (unpaired) electrons. The van der Waals surface area contributed by atoms with Gasteiger partial charge < -0.3 is 15.5 Å². The fourth-order valence-corrected chi connectivity index (χ4v) is 2.15. The third-order valence-corrected chi connectivity index (χ3v) is 3.31. The van der Waals surface area contributed by atoms with Crippen molar-refractivity contribution in [2.24, 2.45) is 0 Å². The Morgan fingerprint density at radius 1 is 1.56 bits per heavy atom. The highest BCUT2D eigenvalue weighted by Gasteiger charge is 2.28. The minimum absolute atomic E-state index is 0.0877. The number of amides is 1.